The number of piperidine rings is 1. The van der Waals surface area contributed by atoms with Gasteiger partial charge in [0.25, 0.3) is 5.91 Å². The molecule has 1 aromatic carbocycles. The standard InChI is InChI=1S/C20H21N3O4/c1-13-8-9-18(22-21-13)26-15-6-4-10-23(12-15)20(24)17-11-14-5-3-7-16(25-2)19(14)27-17/h3,5,7-9,11,15H,4,6,10,12H2,1-2H3. The number of carbonyl (C=O) groups excluding carboxylic acids is 1. The van der Waals surface area contributed by atoms with Crippen molar-refractivity contribution >= 4 is 16.9 Å². The van der Waals surface area contributed by atoms with Crippen LogP contribution in [0.5, 0.6) is 11.6 Å². The Bertz CT molecular complexity index is 952. The minimum absolute atomic E-state index is 0.112. The molecule has 1 amide bonds. The fourth-order valence-electron chi connectivity index (χ4n) is 3.30. The highest BCUT2D eigenvalue weighted by Crippen LogP contribution is 2.29. The van der Waals surface area contributed by atoms with Crippen LogP contribution in [0.3, 0.4) is 0 Å². The zero-order valence-corrected chi connectivity index (χ0v) is 15.3. The maximum atomic E-state index is 12.9. The van der Waals surface area contributed by atoms with Crippen molar-refractivity contribution in [1.29, 1.82) is 0 Å². The maximum absolute atomic E-state index is 12.9. The van der Waals surface area contributed by atoms with Gasteiger partial charge in [-0.15, -0.1) is 5.10 Å². The van der Waals surface area contributed by atoms with Crippen LogP contribution in [0, 0.1) is 6.92 Å². The number of para-hydroxylation sites is 1. The average Bonchev–Trinajstić information content (AvgIpc) is 3.14. The van der Waals surface area contributed by atoms with Crippen LogP contribution in [-0.4, -0.2) is 47.3 Å². The van der Waals surface area contributed by atoms with Crippen LogP contribution in [0.1, 0.15) is 29.1 Å². The lowest BCUT2D eigenvalue weighted by molar-refractivity contribution is 0.0500. The molecule has 27 heavy (non-hydrogen) atoms. The predicted molar refractivity (Wildman–Crippen MR) is 99.1 cm³/mol. The molecule has 7 heteroatoms. The van der Waals surface area contributed by atoms with Gasteiger partial charge in [0.05, 0.1) is 19.3 Å². The van der Waals surface area contributed by atoms with Gasteiger partial charge in [0.2, 0.25) is 5.88 Å². The molecular weight excluding hydrogens is 346 g/mol. The molecule has 1 saturated heterocycles. The lowest BCUT2D eigenvalue weighted by Crippen LogP contribution is -2.44. The molecule has 140 valence electrons. The van der Waals surface area contributed by atoms with E-state index in [0.717, 1.165) is 23.9 Å². The van der Waals surface area contributed by atoms with Crippen molar-refractivity contribution in [2.24, 2.45) is 0 Å². The topological polar surface area (TPSA) is 77.7 Å². The Morgan fingerprint density at radius 1 is 1.26 bits per heavy atom. The minimum Gasteiger partial charge on any atom is -0.493 e. The van der Waals surface area contributed by atoms with Crippen molar-refractivity contribution in [3.8, 4) is 11.6 Å². The Balaban J connectivity index is 1.49. The summed E-state index contributed by atoms with van der Waals surface area (Å²) in [4.78, 5) is 14.7. The van der Waals surface area contributed by atoms with Crippen LogP contribution in [-0.2, 0) is 0 Å². The molecule has 0 bridgehead atoms. The summed E-state index contributed by atoms with van der Waals surface area (Å²) in [5.74, 6) is 1.26. The van der Waals surface area contributed by atoms with Crippen molar-refractivity contribution in [2.45, 2.75) is 25.9 Å². The summed E-state index contributed by atoms with van der Waals surface area (Å²) in [5.41, 5.74) is 1.42. The van der Waals surface area contributed by atoms with Crippen LogP contribution >= 0.6 is 0 Å². The predicted octanol–water partition coefficient (Wildman–Crippen LogP) is 3.22. The Labute approximate surface area is 156 Å². The summed E-state index contributed by atoms with van der Waals surface area (Å²) in [6, 6.07) is 11.0. The molecular formula is C20H21N3O4. The number of methoxy groups -OCH3 is 1. The molecule has 0 aliphatic carbocycles. The van der Waals surface area contributed by atoms with Crippen LogP contribution < -0.4 is 9.47 Å². The van der Waals surface area contributed by atoms with E-state index in [1.165, 1.54) is 0 Å². The van der Waals surface area contributed by atoms with Gasteiger partial charge in [-0.3, -0.25) is 4.79 Å². The van der Waals surface area contributed by atoms with Gasteiger partial charge in [0, 0.05) is 18.0 Å². The Morgan fingerprint density at radius 2 is 2.15 bits per heavy atom. The van der Waals surface area contributed by atoms with E-state index < -0.39 is 0 Å². The second kappa shape index (κ2) is 7.26. The zero-order valence-electron chi connectivity index (χ0n) is 15.3. The first-order valence-electron chi connectivity index (χ1n) is 8.97. The molecule has 1 aliphatic rings. The fourth-order valence-corrected chi connectivity index (χ4v) is 3.30. The third-order valence-electron chi connectivity index (χ3n) is 4.66. The van der Waals surface area contributed by atoms with E-state index in [1.807, 2.05) is 31.2 Å². The number of amides is 1. The molecule has 0 N–H and O–H groups in total. The molecule has 1 atom stereocenters. The zero-order chi connectivity index (χ0) is 18.8. The van der Waals surface area contributed by atoms with Gasteiger partial charge < -0.3 is 18.8 Å². The highest BCUT2D eigenvalue weighted by molar-refractivity contribution is 5.97. The number of aromatic nitrogens is 2. The molecule has 0 spiro atoms. The lowest BCUT2D eigenvalue weighted by atomic mass is 10.1. The van der Waals surface area contributed by atoms with Gasteiger partial charge in [-0.25, -0.2) is 0 Å². The quantitative estimate of drug-likeness (QED) is 0.705. The molecule has 4 rings (SSSR count). The van der Waals surface area contributed by atoms with Gasteiger partial charge >= 0.3 is 0 Å². The van der Waals surface area contributed by atoms with Crippen LogP contribution in [0.15, 0.2) is 40.8 Å². The van der Waals surface area contributed by atoms with Crippen molar-refractivity contribution < 1.29 is 18.7 Å². The van der Waals surface area contributed by atoms with Crippen molar-refractivity contribution in [1.82, 2.24) is 15.1 Å². The SMILES string of the molecule is COc1cccc2cc(C(=O)N3CCCC(Oc4ccc(C)nn4)C3)oc12. The number of hydrogen-bond donors (Lipinski definition) is 0. The second-order valence-corrected chi connectivity index (χ2v) is 6.64. The molecule has 2 aromatic heterocycles. The summed E-state index contributed by atoms with van der Waals surface area (Å²) < 4.78 is 17.0. The fraction of sp³-hybridized carbons (Fsp3) is 0.350. The average molecular weight is 367 g/mol. The first-order chi connectivity index (χ1) is 13.1. The van der Waals surface area contributed by atoms with Crippen molar-refractivity contribution in [3.05, 3.63) is 47.9 Å². The van der Waals surface area contributed by atoms with Crippen LogP contribution in [0.2, 0.25) is 0 Å². The first kappa shape index (κ1) is 17.3. The number of benzene rings is 1. The third kappa shape index (κ3) is 3.58. The molecule has 3 aromatic rings. The van der Waals surface area contributed by atoms with Crippen molar-refractivity contribution in [2.75, 3.05) is 20.2 Å². The number of nitrogens with zero attached hydrogens (tertiary/aromatic N) is 3. The number of carbonyl (C=O) groups is 1. The summed E-state index contributed by atoms with van der Waals surface area (Å²) in [6.45, 7) is 3.04. The minimum atomic E-state index is -0.142. The lowest BCUT2D eigenvalue weighted by Gasteiger charge is -2.32. The van der Waals surface area contributed by atoms with E-state index >= 15 is 0 Å². The third-order valence-corrected chi connectivity index (χ3v) is 4.66. The molecule has 0 saturated carbocycles. The maximum Gasteiger partial charge on any atom is 0.289 e. The van der Waals surface area contributed by atoms with Crippen LogP contribution in [0.4, 0.5) is 0 Å². The smallest absolute Gasteiger partial charge is 0.289 e. The number of furan rings is 1. The molecule has 3 heterocycles. The van der Waals surface area contributed by atoms with Gasteiger partial charge in [-0.2, -0.15) is 5.10 Å². The highest BCUT2D eigenvalue weighted by Gasteiger charge is 2.28. The monoisotopic (exact) mass is 367 g/mol. The summed E-state index contributed by atoms with van der Waals surface area (Å²) >= 11 is 0. The molecule has 7 nitrogen and oxygen atoms in total. The van der Waals surface area contributed by atoms with E-state index in [0.29, 0.717) is 36.1 Å². The first-order valence-corrected chi connectivity index (χ1v) is 8.97. The van der Waals surface area contributed by atoms with Gasteiger partial charge in [-0.1, -0.05) is 12.1 Å². The van der Waals surface area contributed by atoms with Gasteiger partial charge in [0.1, 0.15) is 6.10 Å². The molecule has 1 unspecified atom stereocenters. The molecule has 0 radical (unpaired) electrons. The van der Waals surface area contributed by atoms with Gasteiger partial charge in [-0.05, 0) is 38.0 Å². The summed E-state index contributed by atoms with van der Waals surface area (Å²) in [7, 11) is 1.58. The second-order valence-electron chi connectivity index (χ2n) is 6.64. The number of likely N-dealkylation sites (tertiary alicyclic amines) is 1. The van der Waals surface area contributed by atoms with E-state index in [-0.39, 0.29) is 12.0 Å². The largest absolute Gasteiger partial charge is 0.493 e. The normalized spacial score (nSPS) is 17.1. The summed E-state index contributed by atoms with van der Waals surface area (Å²) in [5, 5.41) is 8.89. The molecule has 1 aliphatic heterocycles. The number of hydrogen-bond acceptors (Lipinski definition) is 6. The summed E-state index contributed by atoms with van der Waals surface area (Å²) in [6.07, 6.45) is 1.62. The number of aryl methyl sites for hydroxylation is 1. The highest BCUT2D eigenvalue weighted by atomic mass is 16.5. The van der Waals surface area contributed by atoms with Gasteiger partial charge in [0.15, 0.2) is 17.1 Å². The number of fused-ring (bicyclic) bond motifs is 1. The van der Waals surface area contributed by atoms with Crippen molar-refractivity contribution in [3.63, 3.8) is 0 Å². The van der Waals surface area contributed by atoms with Crippen LogP contribution in [0.25, 0.3) is 11.0 Å². The Kier molecular flexibility index (Phi) is 4.66. The molecule has 1 fully saturated rings. The number of ether oxygens (including phenoxy) is 2. The van der Waals surface area contributed by atoms with E-state index in [4.69, 9.17) is 13.9 Å². The van der Waals surface area contributed by atoms with E-state index in [9.17, 15) is 4.79 Å². The Hall–Kier alpha value is -3.09. The van der Waals surface area contributed by atoms with E-state index in [1.54, 1.807) is 24.1 Å². The Morgan fingerprint density at radius 3 is 2.93 bits per heavy atom. The van der Waals surface area contributed by atoms with E-state index in [2.05, 4.69) is 10.2 Å². The number of rotatable bonds is 4.